The molecule has 1 aromatic rings. The quantitative estimate of drug-likeness (QED) is 0.670. The van der Waals surface area contributed by atoms with Gasteiger partial charge in [0.1, 0.15) is 0 Å². The molecule has 0 unspecified atom stereocenters. The van der Waals surface area contributed by atoms with E-state index in [-0.39, 0.29) is 0 Å². The van der Waals surface area contributed by atoms with Gasteiger partial charge in [0.2, 0.25) is 0 Å². The lowest BCUT2D eigenvalue weighted by molar-refractivity contribution is 0.181. The van der Waals surface area contributed by atoms with E-state index in [1.54, 1.807) is 7.11 Å². The molecule has 0 saturated heterocycles. The molecule has 2 heteroatoms. The molecule has 2 nitrogen and oxygen atoms in total. The second kappa shape index (κ2) is 4.56. The molecule has 0 aliphatic heterocycles. The molecule has 0 amide bonds. The number of rotatable bonds is 2. The van der Waals surface area contributed by atoms with Gasteiger partial charge in [-0.3, -0.25) is 4.98 Å². The van der Waals surface area contributed by atoms with Crippen LogP contribution in [0.4, 0.5) is 0 Å². The Morgan fingerprint density at radius 3 is 2.79 bits per heavy atom. The Morgan fingerprint density at radius 2 is 2.00 bits per heavy atom. The Morgan fingerprint density at radius 1 is 1.21 bits per heavy atom. The molecular weight excluding hydrogens is 174 g/mol. The SMILES string of the molecule is COCc1cc2c(cn1)CCCCC2. The summed E-state index contributed by atoms with van der Waals surface area (Å²) in [5.41, 5.74) is 4.00. The van der Waals surface area contributed by atoms with Crippen molar-refractivity contribution in [3.05, 3.63) is 29.1 Å². The lowest BCUT2D eigenvalue weighted by atomic mass is 10.1. The number of hydrogen-bond donors (Lipinski definition) is 0. The number of methoxy groups -OCH3 is 1. The van der Waals surface area contributed by atoms with Crippen LogP contribution in [-0.4, -0.2) is 12.1 Å². The van der Waals surface area contributed by atoms with Crippen molar-refractivity contribution in [1.82, 2.24) is 4.98 Å². The summed E-state index contributed by atoms with van der Waals surface area (Å²) in [6.45, 7) is 0.632. The summed E-state index contributed by atoms with van der Waals surface area (Å²) < 4.78 is 5.09. The van der Waals surface area contributed by atoms with E-state index >= 15 is 0 Å². The Kier molecular flexibility index (Phi) is 3.14. The van der Waals surface area contributed by atoms with E-state index in [9.17, 15) is 0 Å². The van der Waals surface area contributed by atoms with Crippen molar-refractivity contribution in [2.45, 2.75) is 38.7 Å². The lowest BCUT2D eigenvalue weighted by Gasteiger charge is -2.06. The topological polar surface area (TPSA) is 22.1 Å². The predicted molar refractivity (Wildman–Crippen MR) is 56.2 cm³/mol. The molecule has 0 spiro atoms. The van der Waals surface area contributed by atoms with E-state index in [0.29, 0.717) is 6.61 Å². The molecule has 0 atom stereocenters. The summed E-state index contributed by atoms with van der Waals surface area (Å²) in [4.78, 5) is 4.40. The second-order valence-electron chi connectivity index (χ2n) is 3.94. The summed E-state index contributed by atoms with van der Waals surface area (Å²) >= 11 is 0. The number of pyridine rings is 1. The number of ether oxygens (including phenoxy) is 1. The van der Waals surface area contributed by atoms with Crippen molar-refractivity contribution in [3.8, 4) is 0 Å². The van der Waals surface area contributed by atoms with Crippen LogP contribution in [0.2, 0.25) is 0 Å². The minimum Gasteiger partial charge on any atom is -0.378 e. The fourth-order valence-electron chi connectivity index (χ4n) is 2.07. The monoisotopic (exact) mass is 191 g/mol. The van der Waals surface area contributed by atoms with Crippen molar-refractivity contribution in [2.24, 2.45) is 0 Å². The van der Waals surface area contributed by atoms with Crippen LogP contribution in [-0.2, 0) is 24.2 Å². The Hall–Kier alpha value is -0.890. The maximum absolute atomic E-state index is 5.09. The third-order valence-electron chi connectivity index (χ3n) is 2.82. The molecule has 1 heterocycles. The van der Waals surface area contributed by atoms with Crippen molar-refractivity contribution in [2.75, 3.05) is 7.11 Å². The fourth-order valence-corrected chi connectivity index (χ4v) is 2.07. The van der Waals surface area contributed by atoms with Crippen LogP contribution >= 0.6 is 0 Å². The van der Waals surface area contributed by atoms with E-state index in [1.165, 1.54) is 43.2 Å². The number of aromatic nitrogens is 1. The van der Waals surface area contributed by atoms with Crippen LogP contribution in [0, 0.1) is 0 Å². The third kappa shape index (κ3) is 2.13. The lowest BCUT2D eigenvalue weighted by Crippen LogP contribution is -1.98. The summed E-state index contributed by atoms with van der Waals surface area (Å²) in [5.74, 6) is 0. The highest BCUT2D eigenvalue weighted by atomic mass is 16.5. The van der Waals surface area contributed by atoms with Gasteiger partial charge < -0.3 is 4.74 Å². The van der Waals surface area contributed by atoms with Crippen molar-refractivity contribution in [3.63, 3.8) is 0 Å². The first kappa shape index (κ1) is 9.66. The van der Waals surface area contributed by atoms with Crippen molar-refractivity contribution >= 4 is 0 Å². The first-order valence-corrected chi connectivity index (χ1v) is 5.36. The average molecular weight is 191 g/mol. The van der Waals surface area contributed by atoms with E-state index in [0.717, 1.165) is 5.69 Å². The van der Waals surface area contributed by atoms with Crippen LogP contribution in [0.5, 0.6) is 0 Å². The van der Waals surface area contributed by atoms with E-state index in [1.807, 2.05) is 6.20 Å². The summed E-state index contributed by atoms with van der Waals surface area (Å²) in [6, 6.07) is 2.21. The maximum atomic E-state index is 5.09. The number of fused-ring (bicyclic) bond motifs is 1. The van der Waals surface area contributed by atoms with Gasteiger partial charge in [-0.15, -0.1) is 0 Å². The molecule has 2 rings (SSSR count). The smallest absolute Gasteiger partial charge is 0.0884 e. The van der Waals surface area contributed by atoms with Crippen LogP contribution in [0.3, 0.4) is 0 Å². The molecule has 0 radical (unpaired) electrons. The zero-order valence-corrected chi connectivity index (χ0v) is 8.75. The number of hydrogen-bond acceptors (Lipinski definition) is 2. The van der Waals surface area contributed by atoms with Crippen LogP contribution < -0.4 is 0 Å². The minimum atomic E-state index is 0.632. The standard InChI is InChI=1S/C12H17NO/c1-14-9-12-7-10-5-3-2-4-6-11(10)8-13-12/h7-8H,2-6,9H2,1H3. The molecule has 1 aliphatic rings. The Bertz CT molecular complexity index is 309. The normalized spacial score (nSPS) is 16.1. The zero-order valence-electron chi connectivity index (χ0n) is 8.75. The molecule has 0 N–H and O–H groups in total. The molecule has 0 aromatic carbocycles. The van der Waals surface area contributed by atoms with Crippen LogP contribution in [0.15, 0.2) is 12.3 Å². The summed E-state index contributed by atoms with van der Waals surface area (Å²) in [5, 5.41) is 0. The van der Waals surface area contributed by atoms with Gasteiger partial charge in [-0.2, -0.15) is 0 Å². The molecular formula is C12H17NO. The molecule has 14 heavy (non-hydrogen) atoms. The van der Waals surface area contributed by atoms with Gasteiger partial charge in [0.05, 0.1) is 12.3 Å². The van der Waals surface area contributed by atoms with Gasteiger partial charge in [0.15, 0.2) is 0 Å². The summed E-state index contributed by atoms with van der Waals surface area (Å²) in [7, 11) is 1.72. The Labute approximate surface area is 85.3 Å². The van der Waals surface area contributed by atoms with Crippen molar-refractivity contribution in [1.29, 1.82) is 0 Å². The first-order valence-electron chi connectivity index (χ1n) is 5.36. The molecule has 1 aliphatic carbocycles. The molecule has 1 aromatic heterocycles. The Balaban J connectivity index is 2.23. The van der Waals surface area contributed by atoms with Gasteiger partial charge in [0, 0.05) is 13.3 Å². The van der Waals surface area contributed by atoms with Crippen LogP contribution in [0.1, 0.15) is 36.1 Å². The average Bonchev–Trinajstić information content (AvgIpc) is 2.42. The molecule has 0 fully saturated rings. The number of nitrogens with zero attached hydrogens (tertiary/aromatic N) is 1. The molecule has 0 saturated carbocycles. The first-order chi connectivity index (χ1) is 6.90. The van der Waals surface area contributed by atoms with Gasteiger partial charge in [-0.05, 0) is 42.9 Å². The van der Waals surface area contributed by atoms with Gasteiger partial charge in [0.25, 0.3) is 0 Å². The predicted octanol–water partition coefficient (Wildman–Crippen LogP) is 2.50. The van der Waals surface area contributed by atoms with E-state index in [2.05, 4.69) is 11.1 Å². The highest BCUT2D eigenvalue weighted by Crippen LogP contribution is 2.20. The highest BCUT2D eigenvalue weighted by molar-refractivity contribution is 5.27. The minimum absolute atomic E-state index is 0.632. The van der Waals surface area contributed by atoms with Gasteiger partial charge >= 0.3 is 0 Å². The highest BCUT2D eigenvalue weighted by Gasteiger charge is 2.08. The number of aryl methyl sites for hydroxylation is 2. The van der Waals surface area contributed by atoms with Gasteiger partial charge in [-0.1, -0.05) is 6.42 Å². The van der Waals surface area contributed by atoms with Crippen molar-refractivity contribution < 1.29 is 4.74 Å². The second-order valence-corrected chi connectivity index (χ2v) is 3.94. The van der Waals surface area contributed by atoms with Gasteiger partial charge in [-0.25, -0.2) is 0 Å². The van der Waals surface area contributed by atoms with Crippen LogP contribution in [0.25, 0.3) is 0 Å². The van der Waals surface area contributed by atoms with E-state index in [4.69, 9.17) is 4.74 Å². The molecule has 76 valence electrons. The van der Waals surface area contributed by atoms with E-state index < -0.39 is 0 Å². The largest absolute Gasteiger partial charge is 0.378 e. The maximum Gasteiger partial charge on any atom is 0.0884 e. The fraction of sp³-hybridized carbons (Fsp3) is 0.583. The zero-order chi connectivity index (χ0) is 9.80. The third-order valence-corrected chi connectivity index (χ3v) is 2.82. The molecule has 0 bridgehead atoms. The summed E-state index contributed by atoms with van der Waals surface area (Å²) in [6.07, 6.45) is 8.45.